The molecule has 2 aliphatic heterocycles. The zero-order valence-corrected chi connectivity index (χ0v) is 18.1. The molecule has 4 heterocycles. The molecule has 2 aliphatic rings. The van der Waals surface area contributed by atoms with Crippen molar-refractivity contribution >= 4 is 23.2 Å². The van der Waals surface area contributed by atoms with Crippen molar-refractivity contribution in [2.45, 2.75) is 50.5 Å². The Balaban J connectivity index is 1.31. The molecule has 0 saturated carbocycles. The van der Waals surface area contributed by atoms with E-state index >= 15 is 0 Å². The van der Waals surface area contributed by atoms with Crippen molar-refractivity contribution in [1.82, 2.24) is 25.4 Å². The van der Waals surface area contributed by atoms with E-state index in [1.165, 1.54) is 4.88 Å². The van der Waals surface area contributed by atoms with E-state index in [0.717, 1.165) is 31.5 Å². The summed E-state index contributed by atoms with van der Waals surface area (Å²) in [5.41, 5.74) is 0.990. The number of amides is 2. The minimum Gasteiger partial charge on any atom is -0.353 e. The Morgan fingerprint density at radius 2 is 2.27 bits per heavy atom. The number of likely N-dealkylation sites (N-methyl/N-ethyl adjacent to an activating group) is 1. The lowest BCUT2D eigenvalue weighted by atomic mass is 10.0. The highest BCUT2D eigenvalue weighted by Gasteiger charge is 2.44. The average Bonchev–Trinajstić information content (AvgIpc) is 3.40. The first-order valence-electron chi connectivity index (χ1n) is 10.5. The van der Waals surface area contributed by atoms with Gasteiger partial charge in [-0.05, 0) is 43.0 Å². The van der Waals surface area contributed by atoms with E-state index in [-0.39, 0.29) is 29.9 Å². The lowest BCUT2D eigenvalue weighted by molar-refractivity contribution is -0.126. The van der Waals surface area contributed by atoms with E-state index in [0.29, 0.717) is 19.5 Å². The van der Waals surface area contributed by atoms with Crippen molar-refractivity contribution in [2.75, 3.05) is 20.1 Å². The van der Waals surface area contributed by atoms with Gasteiger partial charge in [-0.25, -0.2) is 0 Å². The Morgan fingerprint density at radius 1 is 1.37 bits per heavy atom. The summed E-state index contributed by atoms with van der Waals surface area (Å²) in [5, 5.41) is 8.17. The number of hydrogen-bond donors (Lipinski definition) is 2. The Hall–Kier alpha value is -2.29. The fraction of sp³-hybridized carbons (Fsp3) is 0.500. The second-order valence-corrected chi connectivity index (χ2v) is 9.12. The molecule has 4 rings (SSSR count). The number of fused-ring (bicyclic) bond motifs is 1. The van der Waals surface area contributed by atoms with Crippen molar-refractivity contribution in [2.24, 2.45) is 0 Å². The van der Waals surface area contributed by atoms with Gasteiger partial charge < -0.3 is 10.6 Å². The molecule has 0 spiro atoms. The quantitative estimate of drug-likeness (QED) is 0.702. The largest absolute Gasteiger partial charge is 0.353 e. The molecule has 7 nitrogen and oxygen atoms in total. The molecule has 0 bridgehead atoms. The van der Waals surface area contributed by atoms with Crippen LogP contribution in [0.3, 0.4) is 0 Å². The van der Waals surface area contributed by atoms with Gasteiger partial charge >= 0.3 is 0 Å². The molecular formula is C22H29N5O2S. The highest BCUT2D eigenvalue weighted by molar-refractivity contribution is 7.09. The zero-order chi connectivity index (χ0) is 20.9. The first-order chi connectivity index (χ1) is 14.6. The number of nitrogens with one attached hydrogen (secondary N) is 2. The lowest BCUT2D eigenvalue weighted by Crippen LogP contribution is -2.49. The Labute approximate surface area is 181 Å². The van der Waals surface area contributed by atoms with Crippen molar-refractivity contribution in [1.29, 1.82) is 0 Å². The van der Waals surface area contributed by atoms with E-state index in [9.17, 15) is 9.59 Å². The number of carbonyl (C=O) groups is 2. The first-order valence-corrected chi connectivity index (χ1v) is 11.4. The van der Waals surface area contributed by atoms with Crippen LogP contribution >= 0.6 is 11.3 Å². The van der Waals surface area contributed by atoms with Crippen LogP contribution in [0.5, 0.6) is 0 Å². The normalized spacial score (nSPS) is 24.8. The minimum atomic E-state index is -0.124. The Kier molecular flexibility index (Phi) is 6.76. The third-order valence-electron chi connectivity index (χ3n) is 6.21. The van der Waals surface area contributed by atoms with Crippen LogP contribution in [0.1, 0.15) is 29.7 Å². The molecule has 2 N–H and O–H groups in total. The van der Waals surface area contributed by atoms with Crippen LogP contribution in [0.15, 0.2) is 42.0 Å². The maximum atomic E-state index is 12.9. The topological polar surface area (TPSA) is 77.6 Å². The van der Waals surface area contributed by atoms with Crippen LogP contribution in [0.4, 0.5) is 0 Å². The summed E-state index contributed by atoms with van der Waals surface area (Å²) >= 11 is 1.74. The van der Waals surface area contributed by atoms with Crippen molar-refractivity contribution in [3.63, 3.8) is 0 Å². The first kappa shape index (κ1) is 21.0. The third kappa shape index (κ3) is 4.88. The predicted octanol–water partition coefficient (Wildman–Crippen LogP) is 1.61. The molecule has 8 heteroatoms. The van der Waals surface area contributed by atoms with E-state index in [4.69, 9.17) is 0 Å². The van der Waals surface area contributed by atoms with Crippen LogP contribution in [-0.2, 0) is 22.7 Å². The van der Waals surface area contributed by atoms with Crippen LogP contribution in [0, 0.1) is 0 Å². The van der Waals surface area contributed by atoms with Gasteiger partial charge in [-0.15, -0.1) is 11.3 Å². The number of rotatable bonds is 7. The number of thiophene rings is 1. The van der Waals surface area contributed by atoms with Crippen molar-refractivity contribution < 1.29 is 9.59 Å². The van der Waals surface area contributed by atoms with Gasteiger partial charge in [0.15, 0.2) is 0 Å². The number of hydrogen-bond acceptors (Lipinski definition) is 6. The number of nitrogens with zero attached hydrogens (tertiary/aromatic N) is 3. The summed E-state index contributed by atoms with van der Waals surface area (Å²) in [7, 11) is 2.10. The van der Waals surface area contributed by atoms with E-state index in [2.05, 4.69) is 50.0 Å². The van der Waals surface area contributed by atoms with Gasteiger partial charge in [0.05, 0.1) is 0 Å². The summed E-state index contributed by atoms with van der Waals surface area (Å²) in [6.45, 7) is 2.82. The molecule has 160 valence electrons. The number of likely N-dealkylation sites (tertiary alicyclic amines) is 1. The third-order valence-corrected chi connectivity index (χ3v) is 7.07. The average molecular weight is 428 g/mol. The molecule has 0 aliphatic carbocycles. The molecule has 0 aromatic carbocycles. The van der Waals surface area contributed by atoms with E-state index in [1.807, 2.05) is 12.1 Å². The Morgan fingerprint density at radius 3 is 3.03 bits per heavy atom. The standard InChI is InChI=1S/C22H29N5O2S/c1-26-17(6-7-20(28)24-13-16-4-2-9-23-12-16)14-25-22(29)21-19(26)8-10-27(21)15-18-5-3-11-30-18/h2-5,9,11-12,17,19,21H,6-8,10,13-15H2,1H3,(H,24,28)(H,25,29)/t17-,19+,21-/m0/s1. The smallest absolute Gasteiger partial charge is 0.239 e. The van der Waals surface area contributed by atoms with Gasteiger partial charge in [0.2, 0.25) is 11.8 Å². The lowest BCUT2D eigenvalue weighted by Gasteiger charge is -2.33. The highest BCUT2D eigenvalue weighted by atomic mass is 32.1. The molecule has 2 fully saturated rings. The Bertz CT molecular complexity index is 844. The summed E-state index contributed by atoms with van der Waals surface area (Å²) in [6.07, 6.45) is 5.63. The van der Waals surface area contributed by atoms with Crippen LogP contribution in [0.2, 0.25) is 0 Å². The van der Waals surface area contributed by atoms with Crippen LogP contribution in [0.25, 0.3) is 0 Å². The molecule has 2 aromatic heterocycles. The second kappa shape index (κ2) is 9.68. The van der Waals surface area contributed by atoms with Gasteiger partial charge in [-0.1, -0.05) is 12.1 Å². The predicted molar refractivity (Wildman–Crippen MR) is 117 cm³/mol. The summed E-state index contributed by atoms with van der Waals surface area (Å²) < 4.78 is 0. The SMILES string of the molecule is CN1[C@@H](CCC(=O)NCc2cccnc2)CNC(=O)[C@@H]2[C@H]1CCN2Cc1cccs1. The molecule has 2 amide bonds. The van der Waals surface area contributed by atoms with Gasteiger partial charge in [0, 0.05) is 62.0 Å². The van der Waals surface area contributed by atoms with Crippen molar-refractivity contribution in [3.05, 3.63) is 52.5 Å². The fourth-order valence-electron chi connectivity index (χ4n) is 4.52. The molecule has 0 radical (unpaired) electrons. The van der Waals surface area contributed by atoms with E-state index in [1.54, 1.807) is 23.7 Å². The zero-order valence-electron chi connectivity index (χ0n) is 17.3. The second-order valence-electron chi connectivity index (χ2n) is 8.09. The van der Waals surface area contributed by atoms with Gasteiger partial charge in [-0.3, -0.25) is 24.4 Å². The maximum Gasteiger partial charge on any atom is 0.239 e. The molecule has 0 unspecified atom stereocenters. The molecule has 2 saturated heterocycles. The fourth-order valence-corrected chi connectivity index (χ4v) is 5.25. The van der Waals surface area contributed by atoms with Crippen molar-refractivity contribution in [3.8, 4) is 0 Å². The number of carbonyl (C=O) groups excluding carboxylic acids is 2. The highest BCUT2D eigenvalue weighted by Crippen LogP contribution is 2.29. The van der Waals surface area contributed by atoms with Crippen LogP contribution in [-0.4, -0.2) is 64.9 Å². The summed E-state index contributed by atoms with van der Waals surface area (Å²) in [6, 6.07) is 8.23. The summed E-state index contributed by atoms with van der Waals surface area (Å²) in [4.78, 5) is 35.2. The number of pyridine rings is 1. The van der Waals surface area contributed by atoms with Gasteiger partial charge in [-0.2, -0.15) is 0 Å². The molecule has 3 atom stereocenters. The monoisotopic (exact) mass is 427 g/mol. The van der Waals surface area contributed by atoms with Gasteiger partial charge in [0.25, 0.3) is 0 Å². The molecule has 30 heavy (non-hydrogen) atoms. The van der Waals surface area contributed by atoms with Crippen LogP contribution < -0.4 is 10.6 Å². The minimum absolute atomic E-state index is 0.0325. The van der Waals surface area contributed by atoms with E-state index < -0.39 is 0 Å². The summed E-state index contributed by atoms with van der Waals surface area (Å²) in [5.74, 6) is 0.148. The molecular weight excluding hydrogens is 398 g/mol. The number of aromatic nitrogens is 1. The van der Waals surface area contributed by atoms with Gasteiger partial charge in [0.1, 0.15) is 6.04 Å². The molecule has 2 aromatic rings. The maximum absolute atomic E-state index is 12.9.